The summed E-state index contributed by atoms with van der Waals surface area (Å²) in [5, 5.41) is 1.91. The predicted octanol–water partition coefficient (Wildman–Crippen LogP) is 7.37. The largest absolute Gasteiger partial charge is 0.457 e. The van der Waals surface area contributed by atoms with Crippen molar-refractivity contribution in [3.63, 3.8) is 0 Å². The van der Waals surface area contributed by atoms with Crippen molar-refractivity contribution in [1.82, 2.24) is 0 Å². The lowest BCUT2D eigenvalue weighted by molar-refractivity contribution is -0.131. The zero-order chi connectivity index (χ0) is 25.8. The van der Waals surface area contributed by atoms with Gasteiger partial charge >= 0.3 is 11.9 Å². The molecule has 0 unspecified atom stereocenters. The molecule has 0 spiro atoms. The van der Waals surface area contributed by atoms with Gasteiger partial charge in [0.05, 0.1) is 0 Å². The normalized spacial score (nSPS) is 11.0. The number of carbonyl (C=O) groups excluding carboxylic acids is 2. The summed E-state index contributed by atoms with van der Waals surface area (Å²) in [6.07, 6.45) is 3.71. The highest BCUT2D eigenvalue weighted by Crippen LogP contribution is 2.29. The smallest absolute Gasteiger partial charge is 0.338 e. The predicted molar refractivity (Wildman–Crippen MR) is 138 cm³/mol. The Morgan fingerprint density at radius 2 is 1.50 bits per heavy atom. The first-order valence-electron chi connectivity index (χ1n) is 11.1. The molecule has 6 heteroatoms. The first-order chi connectivity index (χ1) is 17.2. The SMILES string of the molecule is C=C(C)C(=O)Oc1ccc2cc(/C=C/c3ccc(-c4ccc(OC(=O)C(=C)C)c(F)c4)o3)ccc2c1. The highest BCUT2D eigenvalue weighted by molar-refractivity contribution is 5.91. The zero-order valence-electron chi connectivity index (χ0n) is 19.8. The van der Waals surface area contributed by atoms with Crippen LogP contribution >= 0.6 is 0 Å². The lowest BCUT2D eigenvalue weighted by atomic mass is 10.1. The molecule has 0 aliphatic rings. The third-order valence-corrected chi connectivity index (χ3v) is 5.23. The molecule has 0 bridgehead atoms. The summed E-state index contributed by atoms with van der Waals surface area (Å²) in [7, 11) is 0. The van der Waals surface area contributed by atoms with Gasteiger partial charge in [-0.15, -0.1) is 0 Å². The fraction of sp³-hybridized carbons (Fsp3) is 0.0667. The van der Waals surface area contributed by atoms with Crippen LogP contribution in [0.4, 0.5) is 4.39 Å². The van der Waals surface area contributed by atoms with Crippen LogP contribution in [0.5, 0.6) is 11.5 Å². The quantitative estimate of drug-likeness (QED) is 0.156. The molecule has 0 N–H and O–H groups in total. The first kappa shape index (κ1) is 24.4. The van der Waals surface area contributed by atoms with Crippen molar-refractivity contribution in [2.24, 2.45) is 0 Å². The van der Waals surface area contributed by atoms with E-state index in [0.29, 0.717) is 28.4 Å². The maximum atomic E-state index is 14.4. The van der Waals surface area contributed by atoms with Crippen LogP contribution in [0.15, 0.2) is 95.5 Å². The molecule has 0 saturated heterocycles. The molecule has 36 heavy (non-hydrogen) atoms. The van der Waals surface area contributed by atoms with Gasteiger partial charge in [0.15, 0.2) is 11.6 Å². The summed E-state index contributed by atoms with van der Waals surface area (Å²) in [4.78, 5) is 23.4. The monoisotopic (exact) mass is 482 g/mol. The zero-order valence-corrected chi connectivity index (χ0v) is 19.8. The Morgan fingerprint density at radius 1 is 0.806 bits per heavy atom. The molecule has 4 rings (SSSR count). The fourth-order valence-electron chi connectivity index (χ4n) is 3.30. The van der Waals surface area contributed by atoms with Gasteiger partial charge in [-0.3, -0.25) is 0 Å². The molecule has 0 aliphatic carbocycles. The van der Waals surface area contributed by atoms with Gasteiger partial charge in [0.2, 0.25) is 0 Å². The van der Waals surface area contributed by atoms with Crippen LogP contribution in [0.2, 0.25) is 0 Å². The molecule has 180 valence electrons. The second-order valence-electron chi connectivity index (χ2n) is 8.29. The summed E-state index contributed by atoms with van der Waals surface area (Å²) < 4.78 is 30.5. The number of rotatable bonds is 7. The summed E-state index contributed by atoms with van der Waals surface area (Å²) in [6, 6.07) is 19.0. The summed E-state index contributed by atoms with van der Waals surface area (Å²) in [5.74, 6) is -0.475. The molecule has 0 radical (unpaired) electrons. The maximum absolute atomic E-state index is 14.4. The molecule has 3 aromatic carbocycles. The minimum Gasteiger partial charge on any atom is -0.457 e. The second-order valence-corrected chi connectivity index (χ2v) is 8.29. The average Bonchev–Trinajstić information content (AvgIpc) is 3.32. The molecule has 4 aromatic rings. The van der Waals surface area contributed by atoms with E-state index in [9.17, 15) is 14.0 Å². The van der Waals surface area contributed by atoms with Crippen molar-refractivity contribution < 1.29 is 27.9 Å². The van der Waals surface area contributed by atoms with Crippen LogP contribution in [0.1, 0.15) is 25.2 Å². The number of ether oxygens (including phenoxy) is 2. The van der Waals surface area contributed by atoms with Crippen LogP contribution in [-0.4, -0.2) is 11.9 Å². The van der Waals surface area contributed by atoms with Gasteiger partial charge in [0.25, 0.3) is 0 Å². The minimum absolute atomic E-state index is 0.171. The van der Waals surface area contributed by atoms with E-state index in [-0.39, 0.29) is 11.3 Å². The standard InChI is InChI=1S/C30H23FO5/c1-18(2)29(32)35-25-11-8-21-15-20(5-7-22(21)16-25)6-10-24-12-14-27(34-24)23-9-13-28(26(31)17-23)36-30(33)19(3)4/h5-17H,1,3H2,2,4H3/b10-6+. The molecule has 5 nitrogen and oxygen atoms in total. The van der Waals surface area contributed by atoms with Gasteiger partial charge in [-0.2, -0.15) is 0 Å². The number of benzene rings is 3. The summed E-state index contributed by atoms with van der Waals surface area (Å²) in [6.45, 7) is 10.2. The molecule has 0 fully saturated rings. The average molecular weight is 483 g/mol. The summed E-state index contributed by atoms with van der Waals surface area (Å²) >= 11 is 0. The molecule has 0 atom stereocenters. The van der Waals surface area contributed by atoms with E-state index in [1.165, 1.54) is 19.1 Å². The highest BCUT2D eigenvalue weighted by atomic mass is 19.1. The van der Waals surface area contributed by atoms with Crippen molar-refractivity contribution in [1.29, 1.82) is 0 Å². The van der Waals surface area contributed by atoms with E-state index in [4.69, 9.17) is 13.9 Å². The number of hydrogen-bond donors (Lipinski definition) is 0. The van der Waals surface area contributed by atoms with Gasteiger partial charge < -0.3 is 13.9 Å². The third-order valence-electron chi connectivity index (χ3n) is 5.23. The molecule has 0 saturated carbocycles. The van der Waals surface area contributed by atoms with Crippen molar-refractivity contribution in [3.8, 4) is 22.8 Å². The number of esters is 2. The Labute approximate surface area is 207 Å². The molecule has 1 aromatic heterocycles. The minimum atomic E-state index is -0.688. The van der Waals surface area contributed by atoms with E-state index in [2.05, 4.69) is 13.2 Å². The van der Waals surface area contributed by atoms with Gasteiger partial charge in [-0.25, -0.2) is 14.0 Å². The van der Waals surface area contributed by atoms with Crippen molar-refractivity contribution in [3.05, 3.63) is 108 Å². The number of furan rings is 1. The van der Waals surface area contributed by atoms with E-state index in [1.54, 1.807) is 37.3 Å². The fourth-order valence-corrected chi connectivity index (χ4v) is 3.30. The van der Waals surface area contributed by atoms with Gasteiger partial charge in [0.1, 0.15) is 17.3 Å². The Balaban J connectivity index is 1.47. The van der Waals surface area contributed by atoms with Gasteiger partial charge in [-0.05, 0) is 84.8 Å². The maximum Gasteiger partial charge on any atom is 0.338 e. The van der Waals surface area contributed by atoms with E-state index >= 15 is 0 Å². The Hall–Kier alpha value is -4.71. The number of hydrogen-bond acceptors (Lipinski definition) is 5. The van der Waals surface area contributed by atoms with Crippen LogP contribution in [0.3, 0.4) is 0 Å². The summed E-state index contributed by atoms with van der Waals surface area (Å²) in [5.41, 5.74) is 1.97. The molecule has 0 amide bonds. The van der Waals surface area contributed by atoms with Crippen LogP contribution in [-0.2, 0) is 9.59 Å². The van der Waals surface area contributed by atoms with Crippen LogP contribution < -0.4 is 9.47 Å². The van der Waals surface area contributed by atoms with Gasteiger partial charge in [-0.1, -0.05) is 37.4 Å². The molecule has 0 aliphatic heterocycles. The number of fused-ring (bicyclic) bond motifs is 1. The molecule has 1 heterocycles. The number of halogens is 1. The highest BCUT2D eigenvalue weighted by Gasteiger charge is 2.13. The Bertz CT molecular complexity index is 1540. The van der Waals surface area contributed by atoms with Gasteiger partial charge in [0, 0.05) is 16.7 Å². The lowest BCUT2D eigenvalue weighted by Crippen LogP contribution is -2.09. The topological polar surface area (TPSA) is 65.7 Å². The van der Waals surface area contributed by atoms with Crippen molar-refractivity contribution in [2.45, 2.75) is 13.8 Å². The van der Waals surface area contributed by atoms with Crippen molar-refractivity contribution >= 4 is 34.9 Å². The van der Waals surface area contributed by atoms with E-state index < -0.39 is 17.8 Å². The van der Waals surface area contributed by atoms with Crippen LogP contribution in [0, 0.1) is 5.82 Å². The van der Waals surface area contributed by atoms with E-state index in [1.807, 2.05) is 36.4 Å². The third kappa shape index (κ3) is 5.67. The second kappa shape index (κ2) is 10.3. The number of carbonyl (C=O) groups is 2. The van der Waals surface area contributed by atoms with E-state index in [0.717, 1.165) is 16.3 Å². The molecular weight excluding hydrogens is 459 g/mol. The van der Waals surface area contributed by atoms with Crippen LogP contribution in [0.25, 0.3) is 34.2 Å². The molecular formula is C30H23FO5. The Kier molecular flexibility index (Phi) is 6.97. The first-order valence-corrected chi connectivity index (χ1v) is 11.1. The Morgan fingerprint density at radius 3 is 2.22 bits per heavy atom. The van der Waals surface area contributed by atoms with Crippen molar-refractivity contribution in [2.75, 3.05) is 0 Å². The lowest BCUT2D eigenvalue weighted by Gasteiger charge is -2.06.